The van der Waals surface area contributed by atoms with Gasteiger partial charge in [-0.05, 0) is 60.1 Å². The number of rotatable bonds is 3. The highest BCUT2D eigenvalue weighted by atomic mass is 35.5. The second-order valence-corrected chi connectivity index (χ2v) is 8.31. The van der Waals surface area contributed by atoms with E-state index in [1.807, 2.05) is 61.5 Å². The molecule has 2 N–H and O–H groups in total. The van der Waals surface area contributed by atoms with Gasteiger partial charge in [-0.1, -0.05) is 48.0 Å². The topological polar surface area (TPSA) is 61.5 Å². The van der Waals surface area contributed by atoms with E-state index in [1.54, 1.807) is 6.07 Å². The molecule has 3 aromatic carbocycles. The van der Waals surface area contributed by atoms with Gasteiger partial charge in [0.1, 0.15) is 0 Å². The van der Waals surface area contributed by atoms with E-state index in [0.29, 0.717) is 15.1 Å². The Hall–Kier alpha value is -3.02. The van der Waals surface area contributed by atoms with Crippen LogP contribution in [-0.4, -0.2) is 15.0 Å². The van der Waals surface area contributed by atoms with Crippen molar-refractivity contribution in [1.82, 2.24) is 15.0 Å². The van der Waals surface area contributed by atoms with E-state index in [-0.39, 0.29) is 5.56 Å². The predicted molar refractivity (Wildman–Crippen MR) is 120 cm³/mol. The van der Waals surface area contributed by atoms with Crippen molar-refractivity contribution >= 4 is 45.3 Å². The van der Waals surface area contributed by atoms with Crippen molar-refractivity contribution in [2.24, 2.45) is 0 Å². The first-order valence-corrected chi connectivity index (χ1v) is 10.3. The van der Waals surface area contributed by atoms with Crippen LogP contribution in [0.2, 0.25) is 5.02 Å². The average Bonchev–Trinajstić information content (AvgIpc) is 3.11. The van der Waals surface area contributed by atoms with Crippen LogP contribution >= 0.6 is 23.4 Å². The van der Waals surface area contributed by atoms with E-state index in [2.05, 4.69) is 21.0 Å². The summed E-state index contributed by atoms with van der Waals surface area (Å²) in [5.74, 6) is 0. The van der Waals surface area contributed by atoms with E-state index in [0.717, 1.165) is 38.6 Å². The smallest absolute Gasteiger partial charge is 0.263 e. The van der Waals surface area contributed by atoms with Crippen LogP contribution in [0.15, 0.2) is 81.6 Å². The highest BCUT2D eigenvalue weighted by molar-refractivity contribution is 7.99. The van der Waals surface area contributed by atoms with Gasteiger partial charge >= 0.3 is 0 Å². The van der Waals surface area contributed by atoms with Crippen molar-refractivity contribution in [1.29, 1.82) is 0 Å². The van der Waals surface area contributed by atoms with E-state index < -0.39 is 0 Å². The summed E-state index contributed by atoms with van der Waals surface area (Å²) < 4.78 is 0. The van der Waals surface area contributed by atoms with Crippen LogP contribution in [0.1, 0.15) is 5.56 Å². The minimum absolute atomic E-state index is 0.152. The summed E-state index contributed by atoms with van der Waals surface area (Å²) in [7, 11) is 0. The van der Waals surface area contributed by atoms with Crippen LogP contribution in [-0.2, 0) is 0 Å². The number of aromatic nitrogens is 3. The first kappa shape index (κ1) is 18.0. The lowest BCUT2D eigenvalue weighted by atomic mass is 10.0. The van der Waals surface area contributed by atoms with Crippen molar-refractivity contribution in [3.63, 3.8) is 0 Å². The van der Waals surface area contributed by atoms with Crippen molar-refractivity contribution < 1.29 is 0 Å². The largest absolute Gasteiger partial charge is 0.333 e. The first-order chi connectivity index (χ1) is 14.1. The minimum atomic E-state index is -0.152. The zero-order valence-electron chi connectivity index (χ0n) is 15.5. The van der Waals surface area contributed by atoms with Crippen molar-refractivity contribution in [3.05, 3.63) is 87.7 Å². The van der Waals surface area contributed by atoms with Gasteiger partial charge in [0.05, 0.1) is 15.9 Å². The Morgan fingerprint density at radius 3 is 2.59 bits per heavy atom. The van der Waals surface area contributed by atoms with Crippen LogP contribution in [0, 0.1) is 6.92 Å². The number of nitrogens with one attached hydrogen (secondary N) is 2. The summed E-state index contributed by atoms with van der Waals surface area (Å²) >= 11 is 7.62. The number of aromatic amines is 2. The molecule has 5 rings (SSSR count). The number of nitrogens with zero attached hydrogens (tertiary/aromatic N) is 1. The Kier molecular flexibility index (Phi) is 4.42. The highest BCUT2D eigenvalue weighted by Gasteiger charge is 2.18. The molecule has 0 saturated heterocycles. The van der Waals surface area contributed by atoms with Gasteiger partial charge < -0.3 is 9.97 Å². The Labute approximate surface area is 176 Å². The SMILES string of the molecule is Cc1ccc2nc(Sc3c(-c4ccccc4)c4cc(Cl)ccc4[nH]c3=O)[nH]c2c1. The molecule has 2 heterocycles. The molecule has 142 valence electrons. The van der Waals surface area contributed by atoms with Gasteiger partial charge in [-0.2, -0.15) is 0 Å². The molecule has 29 heavy (non-hydrogen) atoms. The molecule has 0 radical (unpaired) electrons. The molecule has 0 fully saturated rings. The quantitative estimate of drug-likeness (QED) is 0.368. The maximum absolute atomic E-state index is 13.0. The van der Waals surface area contributed by atoms with Gasteiger partial charge in [0.2, 0.25) is 0 Å². The number of hydrogen-bond donors (Lipinski definition) is 2. The number of aryl methyl sites for hydroxylation is 1. The van der Waals surface area contributed by atoms with E-state index in [1.165, 1.54) is 11.8 Å². The van der Waals surface area contributed by atoms with Crippen molar-refractivity contribution in [3.8, 4) is 11.1 Å². The molecule has 0 aliphatic heterocycles. The zero-order valence-corrected chi connectivity index (χ0v) is 17.1. The van der Waals surface area contributed by atoms with Crippen LogP contribution in [0.25, 0.3) is 33.1 Å². The molecular formula is C23H16ClN3OS. The summed E-state index contributed by atoms with van der Waals surface area (Å²) in [5.41, 5.74) is 5.39. The number of halogens is 1. The zero-order chi connectivity index (χ0) is 20.0. The van der Waals surface area contributed by atoms with Crippen LogP contribution in [0.3, 0.4) is 0 Å². The number of imidazole rings is 1. The molecule has 4 nitrogen and oxygen atoms in total. The normalized spacial score (nSPS) is 11.4. The van der Waals surface area contributed by atoms with E-state index >= 15 is 0 Å². The third kappa shape index (κ3) is 3.33. The van der Waals surface area contributed by atoms with Crippen LogP contribution in [0.4, 0.5) is 0 Å². The van der Waals surface area contributed by atoms with Gasteiger partial charge in [-0.25, -0.2) is 4.98 Å². The molecule has 0 aliphatic rings. The maximum atomic E-state index is 13.0. The third-order valence-electron chi connectivity index (χ3n) is 4.81. The fourth-order valence-corrected chi connectivity index (χ4v) is 4.63. The van der Waals surface area contributed by atoms with Crippen molar-refractivity contribution in [2.45, 2.75) is 17.0 Å². The van der Waals surface area contributed by atoms with Crippen LogP contribution in [0.5, 0.6) is 0 Å². The fourth-order valence-electron chi connectivity index (χ4n) is 3.48. The number of pyridine rings is 1. The number of fused-ring (bicyclic) bond motifs is 2. The Bertz CT molecular complexity index is 1420. The van der Waals surface area contributed by atoms with Gasteiger partial charge in [-0.15, -0.1) is 0 Å². The summed E-state index contributed by atoms with van der Waals surface area (Å²) in [5, 5.41) is 2.20. The first-order valence-electron chi connectivity index (χ1n) is 9.14. The molecule has 5 aromatic rings. The summed E-state index contributed by atoms with van der Waals surface area (Å²) in [6, 6.07) is 21.5. The molecular weight excluding hydrogens is 402 g/mol. The van der Waals surface area contributed by atoms with Gasteiger partial charge in [0, 0.05) is 21.5 Å². The molecule has 0 spiro atoms. The number of benzene rings is 3. The van der Waals surface area contributed by atoms with Gasteiger partial charge in [0.15, 0.2) is 5.16 Å². The molecule has 0 saturated carbocycles. The summed E-state index contributed by atoms with van der Waals surface area (Å²) in [4.78, 5) is 24.6. The lowest BCUT2D eigenvalue weighted by Crippen LogP contribution is -2.10. The number of hydrogen-bond acceptors (Lipinski definition) is 3. The van der Waals surface area contributed by atoms with E-state index in [4.69, 9.17) is 11.6 Å². The predicted octanol–water partition coefficient (Wildman–Crippen LogP) is 6.18. The fraction of sp³-hybridized carbons (Fsp3) is 0.0435. The summed E-state index contributed by atoms with van der Waals surface area (Å²) in [6.45, 7) is 2.04. The minimum Gasteiger partial charge on any atom is -0.333 e. The van der Waals surface area contributed by atoms with Gasteiger partial charge in [0.25, 0.3) is 5.56 Å². The maximum Gasteiger partial charge on any atom is 0.263 e. The van der Waals surface area contributed by atoms with Crippen LogP contribution < -0.4 is 5.56 Å². The third-order valence-corrected chi connectivity index (χ3v) is 6.02. The molecule has 0 unspecified atom stereocenters. The average molecular weight is 418 g/mol. The Balaban J connectivity index is 1.75. The molecule has 6 heteroatoms. The van der Waals surface area contributed by atoms with E-state index in [9.17, 15) is 4.79 Å². The van der Waals surface area contributed by atoms with Gasteiger partial charge in [-0.3, -0.25) is 4.79 Å². The molecule has 0 bridgehead atoms. The highest BCUT2D eigenvalue weighted by Crippen LogP contribution is 2.38. The monoisotopic (exact) mass is 417 g/mol. The summed E-state index contributed by atoms with van der Waals surface area (Å²) in [6.07, 6.45) is 0. The Morgan fingerprint density at radius 1 is 0.931 bits per heavy atom. The molecule has 2 aromatic heterocycles. The molecule has 0 amide bonds. The molecule has 0 atom stereocenters. The number of H-pyrrole nitrogens is 2. The second-order valence-electron chi connectivity index (χ2n) is 6.88. The molecule has 0 aliphatic carbocycles. The lowest BCUT2D eigenvalue weighted by Gasteiger charge is -2.12. The standard InChI is InChI=1S/C23H16ClN3OS/c1-13-7-9-18-19(11-13)27-23(26-18)29-21-20(14-5-3-2-4-6-14)16-12-15(24)8-10-17(16)25-22(21)28/h2-12H,1H3,(H,25,28)(H,26,27). The lowest BCUT2D eigenvalue weighted by molar-refractivity contribution is 1.07. The second kappa shape index (κ2) is 7.10. The Morgan fingerprint density at radius 2 is 1.76 bits per heavy atom. The van der Waals surface area contributed by atoms with Crippen molar-refractivity contribution in [2.75, 3.05) is 0 Å².